The summed E-state index contributed by atoms with van der Waals surface area (Å²) in [5.41, 5.74) is 9.48. The van der Waals surface area contributed by atoms with Crippen molar-refractivity contribution >= 4 is 0 Å². The fraction of sp³-hybridized carbons (Fsp3) is 0.571. The van der Waals surface area contributed by atoms with E-state index in [-0.39, 0.29) is 6.04 Å². The van der Waals surface area contributed by atoms with E-state index in [0.29, 0.717) is 0 Å². The zero-order valence-electron chi connectivity index (χ0n) is 11.3. The lowest BCUT2D eigenvalue weighted by atomic mass is 10.0. The van der Waals surface area contributed by atoms with Gasteiger partial charge >= 0.3 is 0 Å². The molecule has 1 atom stereocenters. The van der Waals surface area contributed by atoms with Crippen molar-refractivity contribution in [1.29, 1.82) is 0 Å². The average molecular weight is 236 g/mol. The molecule has 0 aliphatic heterocycles. The number of nitrogens with one attached hydrogen (secondary N) is 1. The summed E-state index contributed by atoms with van der Waals surface area (Å²) < 4.78 is 5.39. The van der Waals surface area contributed by atoms with Gasteiger partial charge in [0.05, 0.1) is 7.11 Å². The van der Waals surface area contributed by atoms with Crippen molar-refractivity contribution in [1.82, 2.24) is 5.32 Å². The molecule has 1 aromatic carbocycles. The third-order valence-corrected chi connectivity index (χ3v) is 2.99. The van der Waals surface area contributed by atoms with E-state index in [0.717, 1.165) is 25.3 Å². The second-order valence-electron chi connectivity index (χ2n) is 4.69. The van der Waals surface area contributed by atoms with Gasteiger partial charge in [0.1, 0.15) is 5.75 Å². The molecule has 1 unspecified atom stereocenters. The lowest BCUT2D eigenvalue weighted by Crippen LogP contribution is -2.23. The molecule has 1 aromatic rings. The molecule has 0 saturated carbocycles. The molecule has 3 nitrogen and oxygen atoms in total. The van der Waals surface area contributed by atoms with Gasteiger partial charge in [-0.2, -0.15) is 0 Å². The minimum Gasteiger partial charge on any atom is -0.496 e. The number of hydrogen-bond donors (Lipinski definition) is 2. The average Bonchev–Trinajstić information content (AvgIpc) is 2.28. The van der Waals surface area contributed by atoms with Crippen molar-refractivity contribution in [3.05, 3.63) is 28.8 Å². The van der Waals surface area contributed by atoms with Gasteiger partial charge in [-0.1, -0.05) is 6.07 Å². The van der Waals surface area contributed by atoms with Gasteiger partial charge in [-0.25, -0.2) is 0 Å². The number of nitrogens with two attached hydrogens (primary N) is 1. The van der Waals surface area contributed by atoms with E-state index in [1.165, 1.54) is 16.7 Å². The highest BCUT2D eigenvalue weighted by atomic mass is 16.5. The summed E-state index contributed by atoms with van der Waals surface area (Å²) in [5, 5.41) is 3.39. The summed E-state index contributed by atoms with van der Waals surface area (Å²) in [5.74, 6) is 0.960. The smallest absolute Gasteiger partial charge is 0.123 e. The zero-order valence-corrected chi connectivity index (χ0v) is 11.3. The van der Waals surface area contributed by atoms with Gasteiger partial charge in [0.2, 0.25) is 0 Å². The SMILES string of the molecule is COc1cc(C)c(C)cc1CNCCC(C)N. The molecule has 0 amide bonds. The van der Waals surface area contributed by atoms with Gasteiger partial charge < -0.3 is 15.8 Å². The van der Waals surface area contributed by atoms with Crippen LogP contribution in [0.25, 0.3) is 0 Å². The molecular weight excluding hydrogens is 212 g/mol. The van der Waals surface area contributed by atoms with E-state index in [4.69, 9.17) is 10.5 Å². The maximum atomic E-state index is 5.71. The molecule has 3 heteroatoms. The maximum absolute atomic E-state index is 5.71. The van der Waals surface area contributed by atoms with Gasteiger partial charge in [-0.15, -0.1) is 0 Å². The number of benzene rings is 1. The molecular formula is C14H24N2O. The summed E-state index contributed by atoms with van der Waals surface area (Å²) in [6, 6.07) is 4.54. The molecule has 0 spiro atoms. The van der Waals surface area contributed by atoms with Crippen LogP contribution in [0.2, 0.25) is 0 Å². The lowest BCUT2D eigenvalue weighted by molar-refractivity contribution is 0.407. The molecule has 96 valence electrons. The Kier molecular flexibility index (Phi) is 5.45. The molecule has 0 bridgehead atoms. The molecule has 0 aromatic heterocycles. The number of methoxy groups -OCH3 is 1. The second kappa shape index (κ2) is 6.62. The molecule has 17 heavy (non-hydrogen) atoms. The quantitative estimate of drug-likeness (QED) is 0.744. The third-order valence-electron chi connectivity index (χ3n) is 2.99. The third kappa shape index (κ3) is 4.36. The Morgan fingerprint density at radius 3 is 2.53 bits per heavy atom. The van der Waals surface area contributed by atoms with Crippen molar-refractivity contribution < 1.29 is 4.74 Å². The zero-order chi connectivity index (χ0) is 12.8. The van der Waals surface area contributed by atoms with Crippen LogP contribution >= 0.6 is 0 Å². The molecule has 1 rings (SSSR count). The Bertz CT molecular complexity index is 361. The Morgan fingerprint density at radius 1 is 1.29 bits per heavy atom. The summed E-state index contributed by atoms with van der Waals surface area (Å²) in [4.78, 5) is 0. The molecule has 0 heterocycles. The van der Waals surface area contributed by atoms with Gasteiger partial charge in [-0.05, 0) is 50.9 Å². The van der Waals surface area contributed by atoms with Crippen molar-refractivity contribution in [2.24, 2.45) is 5.73 Å². The summed E-state index contributed by atoms with van der Waals surface area (Å²) in [6.07, 6.45) is 0.993. The highest BCUT2D eigenvalue weighted by Gasteiger charge is 2.05. The van der Waals surface area contributed by atoms with Crippen molar-refractivity contribution in [2.75, 3.05) is 13.7 Å². The fourth-order valence-corrected chi connectivity index (χ4v) is 1.73. The van der Waals surface area contributed by atoms with E-state index >= 15 is 0 Å². The molecule has 3 N–H and O–H groups in total. The highest BCUT2D eigenvalue weighted by Crippen LogP contribution is 2.22. The van der Waals surface area contributed by atoms with Crippen LogP contribution in [0, 0.1) is 13.8 Å². The number of ether oxygens (including phenoxy) is 1. The van der Waals surface area contributed by atoms with Crippen LogP contribution in [0.3, 0.4) is 0 Å². The van der Waals surface area contributed by atoms with E-state index in [1.807, 2.05) is 6.92 Å². The molecule has 0 aliphatic carbocycles. The van der Waals surface area contributed by atoms with Crippen molar-refractivity contribution in [2.45, 2.75) is 39.8 Å². The van der Waals surface area contributed by atoms with Gasteiger partial charge in [0.15, 0.2) is 0 Å². The predicted molar refractivity (Wildman–Crippen MR) is 72.4 cm³/mol. The van der Waals surface area contributed by atoms with Gasteiger partial charge in [0.25, 0.3) is 0 Å². The topological polar surface area (TPSA) is 47.3 Å². The lowest BCUT2D eigenvalue weighted by Gasteiger charge is -2.13. The monoisotopic (exact) mass is 236 g/mol. The van der Waals surface area contributed by atoms with Crippen LogP contribution in [0.1, 0.15) is 30.0 Å². The van der Waals surface area contributed by atoms with Crippen molar-refractivity contribution in [3.63, 3.8) is 0 Å². The van der Waals surface area contributed by atoms with Gasteiger partial charge in [-0.3, -0.25) is 0 Å². The molecule has 0 saturated heterocycles. The Balaban J connectivity index is 2.60. The normalized spacial score (nSPS) is 12.5. The fourth-order valence-electron chi connectivity index (χ4n) is 1.73. The Morgan fingerprint density at radius 2 is 1.94 bits per heavy atom. The minimum absolute atomic E-state index is 0.254. The summed E-state index contributed by atoms with van der Waals surface area (Å²) in [6.45, 7) is 8.02. The molecule has 0 fully saturated rings. The van der Waals surface area contributed by atoms with Crippen LogP contribution < -0.4 is 15.8 Å². The number of aryl methyl sites for hydroxylation is 2. The van der Waals surface area contributed by atoms with E-state index in [9.17, 15) is 0 Å². The predicted octanol–water partition coefficient (Wildman–Crippen LogP) is 2.14. The maximum Gasteiger partial charge on any atom is 0.123 e. The van der Waals surface area contributed by atoms with Crippen LogP contribution in [0.4, 0.5) is 0 Å². The minimum atomic E-state index is 0.254. The summed E-state index contributed by atoms with van der Waals surface area (Å²) >= 11 is 0. The molecule has 0 radical (unpaired) electrons. The van der Waals surface area contributed by atoms with Crippen LogP contribution in [-0.4, -0.2) is 19.7 Å². The first-order valence-electron chi connectivity index (χ1n) is 6.15. The number of hydrogen-bond acceptors (Lipinski definition) is 3. The first kappa shape index (κ1) is 14.0. The van der Waals surface area contributed by atoms with E-state index < -0.39 is 0 Å². The largest absolute Gasteiger partial charge is 0.496 e. The highest BCUT2D eigenvalue weighted by molar-refractivity contribution is 5.41. The first-order valence-corrected chi connectivity index (χ1v) is 6.15. The molecule has 0 aliphatic rings. The Hall–Kier alpha value is -1.06. The summed E-state index contributed by atoms with van der Waals surface area (Å²) in [7, 11) is 1.72. The van der Waals surface area contributed by atoms with Gasteiger partial charge in [0, 0.05) is 18.2 Å². The second-order valence-corrected chi connectivity index (χ2v) is 4.69. The van der Waals surface area contributed by atoms with Crippen molar-refractivity contribution in [3.8, 4) is 5.75 Å². The first-order chi connectivity index (χ1) is 8.04. The van der Waals surface area contributed by atoms with Crippen LogP contribution in [0.15, 0.2) is 12.1 Å². The van der Waals surface area contributed by atoms with E-state index in [1.54, 1.807) is 7.11 Å². The van der Waals surface area contributed by atoms with Crippen LogP contribution in [0.5, 0.6) is 5.75 Å². The number of rotatable bonds is 6. The van der Waals surface area contributed by atoms with Crippen LogP contribution in [-0.2, 0) is 6.54 Å². The standard InChI is InChI=1S/C14H24N2O/c1-10-7-13(9-16-6-5-12(3)15)14(17-4)8-11(10)2/h7-8,12,16H,5-6,9,15H2,1-4H3. The Labute approximate surface area is 104 Å². The van der Waals surface area contributed by atoms with E-state index in [2.05, 4.69) is 31.3 Å².